The number of ether oxygens (including phenoxy) is 4. The fourth-order valence-electron chi connectivity index (χ4n) is 4.49. The molecule has 0 fully saturated rings. The van der Waals surface area contributed by atoms with Crippen molar-refractivity contribution in [1.82, 2.24) is 15.2 Å². The summed E-state index contributed by atoms with van der Waals surface area (Å²) in [7, 11) is 0. The minimum Gasteiger partial charge on any atom is -0.454 e. The lowest BCUT2D eigenvalue weighted by Crippen LogP contribution is -2.40. The van der Waals surface area contributed by atoms with E-state index in [0.29, 0.717) is 53.1 Å². The Hall–Kier alpha value is -4.24. The minimum absolute atomic E-state index is 0.172. The average molecular weight is 516 g/mol. The van der Waals surface area contributed by atoms with Gasteiger partial charge in [0.05, 0.1) is 12.1 Å². The van der Waals surface area contributed by atoms with Crippen molar-refractivity contribution in [1.29, 1.82) is 0 Å². The molecule has 0 unspecified atom stereocenters. The van der Waals surface area contributed by atoms with E-state index in [4.69, 9.17) is 31.2 Å². The molecule has 0 saturated heterocycles. The summed E-state index contributed by atoms with van der Waals surface area (Å²) in [5, 5.41) is 4.80. The van der Waals surface area contributed by atoms with Gasteiger partial charge in [0.15, 0.2) is 28.1 Å². The van der Waals surface area contributed by atoms with E-state index in [2.05, 4.69) is 22.4 Å². The van der Waals surface area contributed by atoms with Crippen molar-refractivity contribution in [2.24, 2.45) is 0 Å². The molecule has 0 bridgehead atoms. The molecular formula is C28H25N3O5S. The first-order chi connectivity index (χ1) is 18.1. The second kappa shape index (κ2) is 10.0. The van der Waals surface area contributed by atoms with Crippen LogP contribution in [0.5, 0.6) is 23.0 Å². The molecule has 0 amide bonds. The van der Waals surface area contributed by atoms with E-state index in [1.807, 2.05) is 53.4 Å². The maximum absolute atomic E-state index is 13.0. The molecule has 4 aromatic rings. The Balaban J connectivity index is 1.25. The number of aromatic amines is 1. The zero-order valence-corrected chi connectivity index (χ0v) is 20.8. The van der Waals surface area contributed by atoms with E-state index in [0.717, 1.165) is 23.1 Å². The summed E-state index contributed by atoms with van der Waals surface area (Å²) >= 11 is 5.80. The van der Waals surface area contributed by atoms with E-state index in [9.17, 15) is 4.79 Å². The van der Waals surface area contributed by atoms with E-state index in [1.54, 1.807) is 6.07 Å². The molecule has 0 aliphatic carbocycles. The van der Waals surface area contributed by atoms with E-state index in [-0.39, 0.29) is 19.1 Å². The molecule has 9 heteroatoms. The van der Waals surface area contributed by atoms with Gasteiger partial charge in [-0.2, -0.15) is 0 Å². The van der Waals surface area contributed by atoms with Gasteiger partial charge in [0.2, 0.25) is 13.6 Å². The molecule has 8 nitrogen and oxygen atoms in total. The number of aromatic nitrogens is 1. The summed E-state index contributed by atoms with van der Waals surface area (Å²) in [6, 6.07) is 21.6. The highest BCUT2D eigenvalue weighted by Crippen LogP contribution is 2.35. The summed E-state index contributed by atoms with van der Waals surface area (Å²) in [5.74, 6) is 2.73. The molecule has 0 saturated carbocycles. The van der Waals surface area contributed by atoms with Gasteiger partial charge >= 0.3 is 0 Å². The highest BCUT2D eigenvalue weighted by atomic mass is 32.1. The monoisotopic (exact) mass is 515 g/mol. The SMILES string of the molecule is O=c1[nH]c2cc3c(cc2cc1CN(Cc1ccc2c(c1)OCO2)C(=S)NCCc1ccccc1)OCO3. The minimum atomic E-state index is -0.172. The number of nitrogens with zero attached hydrogens (tertiary/aromatic N) is 1. The molecule has 0 atom stereocenters. The van der Waals surface area contributed by atoms with Crippen LogP contribution in [0.15, 0.2) is 71.5 Å². The quantitative estimate of drug-likeness (QED) is 0.356. The third-order valence-electron chi connectivity index (χ3n) is 6.41. The molecular weight excluding hydrogens is 490 g/mol. The fraction of sp³-hybridized carbons (Fsp3) is 0.214. The number of hydrogen-bond acceptors (Lipinski definition) is 6. The van der Waals surface area contributed by atoms with Crippen LogP contribution in [0.25, 0.3) is 10.9 Å². The van der Waals surface area contributed by atoms with Crippen molar-refractivity contribution in [2.75, 3.05) is 20.1 Å². The van der Waals surface area contributed by atoms with Crippen molar-refractivity contribution in [3.8, 4) is 23.0 Å². The number of pyridine rings is 1. The Bertz CT molecular complexity index is 1520. The summed E-state index contributed by atoms with van der Waals surface area (Å²) < 4.78 is 22.0. The normalized spacial score (nSPS) is 13.1. The number of H-pyrrole nitrogens is 1. The maximum Gasteiger partial charge on any atom is 0.253 e. The van der Waals surface area contributed by atoms with Gasteiger partial charge in [0.25, 0.3) is 5.56 Å². The summed E-state index contributed by atoms with van der Waals surface area (Å²) in [4.78, 5) is 18.0. The van der Waals surface area contributed by atoms with Crippen molar-refractivity contribution >= 4 is 28.2 Å². The van der Waals surface area contributed by atoms with Gasteiger partial charge in [-0.25, -0.2) is 0 Å². The number of fused-ring (bicyclic) bond motifs is 3. The Kier molecular flexibility index (Phi) is 6.28. The largest absolute Gasteiger partial charge is 0.454 e. The van der Waals surface area contributed by atoms with Crippen LogP contribution in [0.3, 0.4) is 0 Å². The van der Waals surface area contributed by atoms with Crippen LogP contribution in [0.1, 0.15) is 16.7 Å². The zero-order valence-electron chi connectivity index (χ0n) is 20.0. The third kappa shape index (κ3) is 5.03. The number of thiocarbonyl (C=S) groups is 1. The van der Waals surface area contributed by atoms with Gasteiger partial charge < -0.3 is 34.1 Å². The number of benzene rings is 3. The Labute approximate surface area is 218 Å². The predicted octanol–water partition coefficient (Wildman–Crippen LogP) is 4.10. The Morgan fingerprint density at radius 1 is 0.838 bits per heavy atom. The summed E-state index contributed by atoms with van der Waals surface area (Å²) in [5.41, 5.74) is 3.35. The van der Waals surface area contributed by atoms with E-state index < -0.39 is 0 Å². The van der Waals surface area contributed by atoms with Crippen LogP contribution in [-0.2, 0) is 19.5 Å². The molecule has 2 N–H and O–H groups in total. The second-order valence-corrected chi connectivity index (χ2v) is 9.31. The second-order valence-electron chi connectivity index (χ2n) is 8.93. The van der Waals surface area contributed by atoms with Gasteiger partial charge in [-0.15, -0.1) is 0 Å². The summed E-state index contributed by atoms with van der Waals surface area (Å²) in [6.07, 6.45) is 0.836. The first kappa shape index (κ1) is 23.2. The highest BCUT2D eigenvalue weighted by molar-refractivity contribution is 7.80. The van der Waals surface area contributed by atoms with Crippen molar-refractivity contribution in [2.45, 2.75) is 19.5 Å². The molecule has 188 valence electrons. The predicted molar refractivity (Wildman–Crippen MR) is 143 cm³/mol. The van der Waals surface area contributed by atoms with Crippen LogP contribution in [0.4, 0.5) is 0 Å². The van der Waals surface area contributed by atoms with E-state index >= 15 is 0 Å². The smallest absolute Gasteiger partial charge is 0.253 e. The molecule has 3 aromatic carbocycles. The van der Waals surface area contributed by atoms with Gasteiger partial charge in [0.1, 0.15) is 0 Å². The topological polar surface area (TPSA) is 85.1 Å². The zero-order chi connectivity index (χ0) is 25.2. The maximum atomic E-state index is 13.0. The molecule has 2 aliphatic rings. The molecule has 3 heterocycles. The Morgan fingerprint density at radius 3 is 2.38 bits per heavy atom. The van der Waals surface area contributed by atoms with Crippen LogP contribution < -0.4 is 29.8 Å². The first-order valence-corrected chi connectivity index (χ1v) is 12.4. The van der Waals surface area contributed by atoms with Gasteiger partial charge in [0, 0.05) is 30.1 Å². The van der Waals surface area contributed by atoms with Gasteiger partial charge in [-0.05, 0) is 54.0 Å². The fourth-order valence-corrected chi connectivity index (χ4v) is 4.72. The average Bonchev–Trinajstić information content (AvgIpc) is 3.56. The molecule has 37 heavy (non-hydrogen) atoms. The molecule has 2 aliphatic heterocycles. The summed E-state index contributed by atoms with van der Waals surface area (Å²) in [6.45, 7) is 1.89. The Morgan fingerprint density at radius 2 is 1.57 bits per heavy atom. The molecule has 6 rings (SSSR count). The third-order valence-corrected chi connectivity index (χ3v) is 6.81. The van der Waals surface area contributed by atoms with Crippen LogP contribution in [0, 0.1) is 0 Å². The molecule has 0 radical (unpaired) electrons. The number of hydrogen-bond donors (Lipinski definition) is 2. The van der Waals surface area contributed by atoms with Crippen LogP contribution >= 0.6 is 12.2 Å². The lowest BCUT2D eigenvalue weighted by atomic mass is 10.1. The van der Waals surface area contributed by atoms with Crippen molar-refractivity contribution < 1.29 is 18.9 Å². The van der Waals surface area contributed by atoms with Gasteiger partial charge in [-0.1, -0.05) is 36.4 Å². The standard InChI is InChI=1S/C28H25N3O5S/c32-27-21(11-20-12-25-26(36-17-35-25)13-22(20)30-27)15-31(14-19-6-7-23-24(10-19)34-16-33-23)28(37)29-9-8-18-4-2-1-3-5-18/h1-7,10-13H,8-9,14-17H2,(H,29,37)(H,30,32). The number of rotatable bonds is 7. The van der Waals surface area contributed by atoms with Crippen molar-refractivity contribution in [3.05, 3.63) is 93.8 Å². The lowest BCUT2D eigenvalue weighted by molar-refractivity contribution is 0.173. The van der Waals surface area contributed by atoms with Crippen molar-refractivity contribution in [3.63, 3.8) is 0 Å². The van der Waals surface area contributed by atoms with Crippen LogP contribution in [0.2, 0.25) is 0 Å². The molecule has 0 spiro atoms. The lowest BCUT2D eigenvalue weighted by Gasteiger charge is -2.26. The van der Waals surface area contributed by atoms with E-state index in [1.165, 1.54) is 5.56 Å². The first-order valence-electron chi connectivity index (χ1n) is 12.0. The van der Waals surface area contributed by atoms with Gasteiger partial charge in [-0.3, -0.25) is 4.79 Å². The molecule has 1 aromatic heterocycles. The highest BCUT2D eigenvalue weighted by Gasteiger charge is 2.19. The van der Waals surface area contributed by atoms with Crippen LogP contribution in [-0.4, -0.2) is 35.1 Å². The number of nitrogens with one attached hydrogen (secondary N) is 2.